The Kier molecular flexibility index (Phi) is 4.65. The Labute approximate surface area is 117 Å². The van der Waals surface area contributed by atoms with Crippen LogP contribution in [-0.2, 0) is 4.79 Å². The van der Waals surface area contributed by atoms with Crippen molar-refractivity contribution in [2.75, 3.05) is 18.9 Å². The van der Waals surface area contributed by atoms with Crippen LogP contribution < -0.4 is 5.32 Å². The molecule has 1 aromatic heterocycles. The maximum atomic E-state index is 11.9. The van der Waals surface area contributed by atoms with Crippen LogP contribution in [0, 0.1) is 0 Å². The van der Waals surface area contributed by atoms with E-state index in [2.05, 4.69) is 29.4 Å². The van der Waals surface area contributed by atoms with Gasteiger partial charge in [0.05, 0.1) is 6.54 Å². The standard InChI is InChI=1S/C14H17N3OS/c1-11(12-6-4-3-5-7-12)17(2)10-13(18)16-14-15-8-9-19-14/h3-9,11H,10H2,1-2H3,(H,15,16,18). The molecular formula is C14H17N3OS. The summed E-state index contributed by atoms with van der Waals surface area (Å²) in [6.07, 6.45) is 1.68. The quantitative estimate of drug-likeness (QED) is 0.912. The van der Waals surface area contributed by atoms with E-state index in [-0.39, 0.29) is 11.9 Å². The second-order valence-electron chi connectivity index (χ2n) is 4.39. The molecule has 2 aromatic rings. The van der Waals surface area contributed by atoms with E-state index in [1.165, 1.54) is 16.9 Å². The molecule has 0 radical (unpaired) electrons. The predicted octanol–water partition coefficient (Wildman–Crippen LogP) is 2.77. The summed E-state index contributed by atoms with van der Waals surface area (Å²) in [5.41, 5.74) is 1.20. The van der Waals surface area contributed by atoms with Crippen molar-refractivity contribution in [1.29, 1.82) is 0 Å². The van der Waals surface area contributed by atoms with Crippen LogP contribution in [0.2, 0.25) is 0 Å². The van der Waals surface area contributed by atoms with E-state index in [4.69, 9.17) is 0 Å². The summed E-state index contributed by atoms with van der Waals surface area (Å²) >= 11 is 1.42. The van der Waals surface area contributed by atoms with Crippen molar-refractivity contribution in [2.45, 2.75) is 13.0 Å². The highest BCUT2D eigenvalue weighted by Crippen LogP contribution is 2.18. The summed E-state index contributed by atoms with van der Waals surface area (Å²) in [4.78, 5) is 17.9. The lowest BCUT2D eigenvalue weighted by atomic mass is 10.1. The third-order valence-corrected chi connectivity index (χ3v) is 3.70. The van der Waals surface area contributed by atoms with Crippen molar-refractivity contribution in [2.24, 2.45) is 0 Å². The van der Waals surface area contributed by atoms with Gasteiger partial charge in [0.25, 0.3) is 0 Å². The molecule has 1 amide bonds. The van der Waals surface area contributed by atoms with E-state index in [9.17, 15) is 4.79 Å². The molecule has 1 unspecified atom stereocenters. The number of carbonyl (C=O) groups is 1. The van der Waals surface area contributed by atoms with Crippen LogP contribution in [0.3, 0.4) is 0 Å². The molecule has 5 heteroatoms. The summed E-state index contributed by atoms with van der Waals surface area (Å²) in [6, 6.07) is 10.3. The number of hydrogen-bond donors (Lipinski definition) is 1. The first-order valence-electron chi connectivity index (χ1n) is 6.11. The molecule has 0 bridgehead atoms. The number of carbonyl (C=O) groups excluding carboxylic acids is 1. The molecule has 0 fully saturated rings. The molecule has 0 aliphatic rings. The van der Waals surface area contributed by atoms with Gasteiger partial charge in [-0.05, 0) is 19.5 Å². The van der Waals surface area contributed by atoms with E-state index < -0.39 is 0 Å². The third kappa shape index (κ3) is 3.87. The fourth-order valence-electron chi connectivity index (χ4n) is 1.79. The van der Waals surface area contributed by atoms with Crippen LogP contribution in [0.1, 0.15) is 18.5 Å². The Hall–Kier alpha value is -1.72. The largest absolute Gasteiger partial charge is 0.301 e. The Bertz CT molecular complexity index is 513. The van der Waals surface area contributed by atoms with Crippen molar-refractivity contribution >= 4 is 22.4 Å². The van der Waals surface area contributed by atoms with Crippen LogP contribution in [0.4, 0.5) is 5.13 Å². The van der Waals surface area contributed by atoms with Gasteiger partial charge in [0, 0.05) is 17.6 Å². The summed E-state index contributed by atoms with van der Waals surface area (Å²) in [6.45, 7) is 2.43. The minimum absolute atomic E-state index is 0.0415. The number of hydrogen-bond acceptors (Lipinski definition) is 4. The van der Waals surface area contributed by atoms with Crippen LogP contribution in [0.25, 0.3) is 0 Å². The zero-order valence-corrected chi connectivity index (χ0v) is 11.9. The Morgan fingerprint density at radius 3 is 2.79 bits per heavy atom. The maximum absolute atomic E-state index is 11.9. The van der Waals surface area contributed by atoms with Gasteiger partial charge in [-0.25, -0.2) is 4.98 Å². The van der Waals surface area contributed by atoms with Crippen molar-refractivity contribution < 1.29 is 4.79 Å². The lowest BCUT2D eigenvalue weighted by Crippen LogP contribution is -2.32. The van der Waals surface area contributed by atoms with E-state index in [1.54, 1.807) is 6.20 Å². The Morgan fingerprint density at radius 1 is 1.42 bits per heavy atom. The fraction of sp³-hybridized carbons (Fsp3) is 0.286. The van der Waals surface area contributed by atoms with Gasteiger partial charge in [-0.2, -0.15) is 0 Å². The van der Waals surface area contributed by atoms with Crippen molar-refractivity contribution in [3.05, 3.63) is 47.5 Å². The molecule has 19 heavy (non-hydrogen) atoms. The number of thiazole rings is 1. The number of nitrogens with zero attached hydrogens (tertiary/aromatic N) is 2. The number of anilines is 1. The number of aromatic nitrogens is 1. The summed E-state index contributed by atoms with van der Waals surface area (Å²) in [5.74, 6) is -0.0415. The van der Waals surface area contributed by atoms with Crippen molar-refractivity contribution in [3.63, 3.8) is 0 Å². The van der Waals surface area contributed by atoms with Crippen LogP contribution in [-0.4, -0.2) is 29.4 Å². The van der Waals surface area contributed by atoms with Crippen LogP contribution in [0.5, 0.6) is 0 Å². The lowest BCUT2D eigenvalue weighted by Gasteiger charge is -2.24. The van der Waals surface area contributed by atoms with Gasteiger partial charge in [-0.15, -0.1) is 11.3 Å². The third-order valence-electron chi connectivity index (χ3n) is 3.01. The second-order valence-corrected chi connectivity index (χ2v) is 5.28. The smallest absolute Gasteiger partial charge is 0.240 e. The molecule has 0 saturated carbocycles. The fourth-order valence-corrected chi connectivity index (χ4v) is 2.34. The average Bonchev–Trinajstić information content (AvgIpc) is 2.91. The highest BCUT2D eigenvalue weighted by atomic mass is 32.1. The van der Waals surface area contributed by atoms with E-state index >= 15 is 0 Å². The molecule has 1 atom stereocenters. The molecule has 1 N–H and O–H groups in total. The minimum Gasteiger partial charge on any atom is -0.301 e. The first-order chi connectivity index (χ1) is 9.16. The molecule has 1 heterocycles. The van der Waals surface area contributed by atoms with Gasteiger partial charge in [0.15, 0.2) is 5.13 Å². The minimum atomic E-state index is -0.0415. The van der Waals surface area contributed by atoms with Gasteiger partial charge in [0.1, 0.15) is 0 Å². The maximum Gasteiger partial charge on any atom is 0.240 e. The zero-order chi connectivity index (χ0) is 13.7. The van der Waals surface area contributed by atoms with Gasteiger partial charge < -0.3 is 5.32 Å². The van der Waals surface area contributed by atoms with Gasteiger partial charge >= 0.3 is 0 Å². The topological polar surface area (TPSA) is 45.2 Å². The molecule has 1 aromatic carbocycles. The van der Waals surface area contributed by atoms with E-state index in [0.717, 1.165) is 0 Å². The molecule has 2 rings (SSSR count). The average molecular weight is 275 g/mol. The zero-order valence-electron chi connectivity index (χ0n) is 11.0. The number of benzene rings is 1. The highest BCUT2D eigenvalue weighted by molar-refractivity contribution is 7.13. The number of likely N-dealkylation sites (N-methyl/N-ethyl adjacent to an activating group) is 1. The van der Waals surface area contributed by atoms with Gasteiger partial charge in [0.2, 0.25) is 5.91 Å². The molecule has 4 nitrogen and oxygen atoms in total. The number of nitrogens with one attached hydrogen (secondary N) is 1. The summed E-state index contributed by atoms with van der Waals surface area (Å²) < 4.78 is 0. The second kappa shape index (κ2) is 6.45. The predicted molar refractivity (Wildman–Crippen MR) is 78.2 cm³/mol. The molecule has 0 aliphatic heterocycles. The van der Waals surface area contributed by atoms with E-state index in [0.29, 0.717) is 11.7 Å². The van der Waals surface area contributed by atoms with Gasteiger partial charge in [-0.1, -0.05) is 30.3 Å². The lowest BCUT2D eigenvalue weighted by molar-refractivity contribution is -0.117. The molecule has 0 spiro atoms. The van der Waals surface area contributed by atoms with Crippen LogP contribution in [0.15, 0.2) is 41.9 Å². The normalized spacial score (nSPS) is 12.4. The monoisotopic (exact) mass is 275 g/mol. The molecular weight excluding hydrogens is 258 g/mol. The van der Waals surface area contributed by atoms with Gasteiger partial charge in [-0.3, -0.25) is 9.69 Å². The summed E-state index contributed by atoms with van der Waals surface area (Å²) in [5, 5.41) is 5.27. The molecule has 100 valence electrons. The number of rotatable bonds is 5. The van der Waals surface area contributed by atoms with Crippen molar-refractivity contribution in [1.82, 2.24) is 9.88 Å². The molecule has 0 saturated heterocycles. The van der Waals surface area contributed by atoms with Crippen LogP contribution >= 0.6 is 11.3 Å². The Balaban J connectivity index is 1.90. The van der Waals surface area contributed by atoms with Crippen molar-refractivity contribution in [3.8, 4) is 0 Å². The SMILES string of the molecule is CC(c1ccccc1)N(C)CC(=O)Nc1nccs1. The number of amides is 1. The highest BCUT2D eigenvalue weighted by Gasteiger charge is 2.15. The van der Waals surface area contributed by atoms with E-state index in [1.807, 2.05) is 35.5 Å². The first kappa shape index (κ1) is 13.7. The summed E-state index contributed by atoms with van der Waals surface area (Å²) in [7, 11) is 1.94. The molecule has 0 aliphatic carbocycles. The Morgan fingerprint density at radius 2 is 2.16 bits per heavy atom. The first-order valence-corrected chi connectivity index (χ1v) is 6.99.